The van der Waals surface area contributed by atoms with Crippen molar-refractivity contribution in [2.24, 2.45) is 0 Å². The predicted molar refractivity (Wildman–Crippen MR) is 68.3 cm³/mol. The molecule has 0 unspecified atom stereocenters. The molecule has 0 saturated carbocycles. The third-order valence-corrected chi connectivity index (χ3v) is 3.10. The van der Waals surface area contributed by atoms with Crippen molar-refractivity contribution in [1.29, 1.82) is 0 Å². The topological polar surface area (TPSA) is 78.0 Å². The van der Waals surface area contributed by atoms with Crippen molar-refractivity contribution in [2.45, 2.75) is 19.3 Å². The zero-order valence-electron chi connectivity index (χ0n) is 9.73. The number of aryl methyl sites for hydroxylation is 1. The number of hydrogen-bond donors (Lipinski definition) is 3. The van der Waals surface area contributed by atoms with E-state index in [-0.39, 0.29) is 11.3 Å². The van der Waals surface area contributed by atoms with Crippen LogP contribution in [0.15, 0.2) is 29.1 Å². The Morgan fingerprint density at radius 2 is 2.11 bits per heavy atom. The van der Waals surface area contributed by atoms with E-state index in [9.17, 15) is 9.90 Å². The summed E-state index contributed by atoms with van der Waals surface area (Å²) >= 11 is 0. The lowest BCUT2D eigenvalue weighted by atomic mass is 10.2. The zero-order chi connectivity index (χ0) is 12.5. The van der Waals surface area contributed by atoms with E-state index in [0.29, 0.717) is 11.6 Å². The first-order chi connectivity index (χ1) is 8.74. The fourth-order valence-electron chi connectivity index (χ4n) is 2.21. The van der Waals surface area contributed by atoms with Crippen molar-refractivity contribution in [3.05, 3.63) is 45.9 Å². The molecular weight excluding hydrogens is 230 g/mol. The van der Waals surface area contributed by atoms with Gasteiger partial charge in [-0.3, -0.25) is 9.78 Å². The molecular formula is C13H13N3O2. The number of nitrogens with zero attached hydrogens (tertiary/aromatic N) is 1. The van der Waals surface area contributed by atoms with Gasteiger partial charge >= 0.3 is 0 Å². The van der Waals surface area contributed by atoms with Crippen LogP contribution >= 0.6 is 0 Å². The molecule has 0 saturated heterocycles. The van der Waals surface area contributed by atoms with Crippen molar-refractivity contribution in [2.75, 3.05) is 5.32 Å². The van der Waals surface area contributed by atoms with Crippen LogP contribution < -0.4 is 10.9 Å². The van der Waals surface area contributed by atoms with Crippen LogP contribution in [-0.4, -0.2) is 15.1 Å². The summed E-state index contributed by atoms with van der Waals surface area (Å²) in [6.07, 6.45) is 2.62. The Labute approximate surface area is 104 Å². The number of rotatable bonds is 2. The lowest BCUT2D eigenvalue weighted by molar-refractivity contribution is 0.477. The van der Waals surface area contributed by atoms with Gasteiger partial charge in [0.2, 0.25) is 5.95 Å². The number of benzene rings is 1. The Morgan fingerprint density at radius 3 is 2.94 bits per heavy atom. The van der Waals surface area contributed by atoms with Crippen LogP contribution in [0.1, 0.15) is 17.7 Å². The standard InChI is InChI=1S/C13H13N3O2/c17-11-7-2-1-5-10(11)15-13-14-9-6-3-4-8(9)12(18)16-13/h1-2,5,7,17H,3-4,6H2,(H2,14,15,16,18). The fraction of sp³-hybridized carbons (Fsp3) is 0.231. The summed E-state index contributed by atoms with van der Waals surface area (Å²) < 4.78 is 0. The molecule has 0 bridgehead atoms. The molecule has 1 aliphatic rings. The van der Waals surface area contributed by atoms with Crippen molar-refractivity contribution in [3.63, 3.8) is 0 Å². The van der Waals surface area contributed by atoms with Crippen LogP contribution in [0, 0.1) is 0 Å². The van der Waals surface area contributed by atoms with Crippen molar-refractivity contribution >= 4 is 11.6 Å². The molecule has 0 spiro atoms. The van der Waals surface area contributed by atoms with Gasteiger partial charge in [-0.25, -0.2) is 4.98 Å². The van der Waals surface area contributed by atoms with E-state index < -0.39 is 0 Å². The number of aromatic nitrogens is 2. The quantitative estimate of drug-likeness (QED) is 0.702. The molecule has 0 radical (unpaired) electrons. The second kappa shape index (κ2) is 4.18. The molecule has 3 rings (SSSR count). The van der Waals surface area contributed by atoms with Gasteiger partial charge in [-0.1, -0.05) is 12.1 Å². The van der Waals surface area contributed by atoms with Gasteiger partial charge in [0.1, 0.15) is 5.75 Å². The van der Waals surface area contributed by atoms with Gasteiger partial charge in [0.25, 0.3) is 5.56 Å². The monoisotopic (exact) mass is 243 g/mol. The van der Waals surface area contributed by atoms with Crippen molar-refractivity contribution < 1.29 is 5.11 Å². The van der Waals surface area contributed by atoms with Gasteiger partial charge in [-0.2, -0.15) is 0 Å². The number of nitrogens with one attached hydrogen (secondary N) is 2. The maximum Gasteiger partial charge on any atom is 0.255 e. The third kappa shape index (κ3) is 1.84. The summed E-state index contributed by atoms with van der Waals surface area (Å²) in [5.74, 6) is 0.503. The second-order valence-electron chi connectivity index (χ2n) is 4.34. The van der Waals surface area contributed by atoms with Crippen LogP contribution in [0.4, 0.5) is 11.6 Å². The molecule has 18 heavy (non-hydrogen) atoms. The molecule has 1 aliphatic carbocycles. The average molecular weight is 243 g/mol. The highest BCUT2D eigenvalue weighted by molar-refractivity contribution is 5.61. The highest BCUT2D eigenvalue weighted by Crippen LogP contribution is 2.25. The summed E-state index contributed by atoms with van der Waals surface area (Å²) in [7, 11) is 0. The van der Waals surface area contributed by atoms with E-state index in [1.807, 2.05) is 0 Å². The summed E-state index contributed by atoms with van der Waals surface area (Å²) in [6, 6.07) is 6.84. The summed E-state index contributed by atoms with van der Waals surface area (Å²) in [6.45, 7) is 0. The van der Waals surface area contributed by atoms with Crippen LogP contribution in [-0.2, 0) is 12.8 Å². The van der Waals surface area contributed by atoms with Gasteiger partial charge in [-0.15, -0.1) is 0 Å². The number of phenols is 1. The number of phenolic OH excluding ortho intramolecular Hbond substituents is 1. The molecule has 1 aromatic carbocycles. The number of aromatic hydroxyl groups is 1. The van der Waals surface area contributed by atoms with Crippen LogP contribution in [0.2, 0.25) is 0 Å². The largest absolute Gasteiger partial charge is 0.506 e. The average Bonchev–Trinajstić information content (AvgIpc) is 2.81. The number of aromatic amines is 1. The molecule has 0 aliphatic heterocycles. The molecule has 2 aromatic rings. The Morgan fingerprint density at radius 1 is 1.28 bits per heavy atom. The predicted octanol–water partition coefficient (Wildman–Crippen LogP) is 1.71. The van der Waals surface area contributed by atoms with E-state index >= 15 is 0 Å². The minimum absolute atomic E-state index is 0.0876. The first kappa shape index (κ1) is 10.8. The van der Waals surface area contributed by atoms with Crippen LogP contribution in [0.3, 0.4) is 0 Å². The lowest BCUT2D eigenvalue weighted by Crippen LogP contribution is -2.16. The van der Waals surface area contributed by atoms with Crippen LogP contribution in [0.5, 0.6) is 5.75 Å². The number of H-pyrrole nitrogens is 1. The first-order valence-corrected chi connectivity index (χ1v) is 5.91. The zero-order valence-corrected chi connectivity index (χ0v) is 9.73. The second-order valence-corrected chi connectivity index (χ2v) is 4.34. The maximum absolute atomic E-state index is 11.8. The van der Waals surface area contributed by atoms with Gasteiger partial charge in [0.05, 0.1) is 11.4 Å². The van der Waals surface area contributed by atoms with Crippen molar-refractivity contribution in [1.82, 2.24) is 9.97 Å². The molecule has 0 atom stereocenters. The Bertz CT molecular complexity index is 649. The number of fused-ring (bicyclic) bond motifs is 1. The Kier molecular flexibility index (Phi) is 2.51. The lowest BCUT2D eigenvalue weighted by Gasteiger charge is -2.08. The van der Waals surface area contributed by atoms with Gasteiger partial charge in [0, 0.05) is 5.56 Å². The normalized spacial score (nSPS) is 13.3. The molecule has 5 heteroatoms. The summed E-state index contributed by atoms with van der Waals surface area (Å²) in [5, 5.41) is 12.6. The number of hydrogen-bond acceptors (Lipinski definition) is 4. The third-order valence-electron chi connectivity index (χ3n) is 3.10. The van der Waals surface area contributed by atoms with E-state index in [1.54, 1.807) is 24.3 Å². The maximum atomic E-state index is 11.8. The van der Waals surface area contributed by atoms with Gasteiger partial charge in [-0.05, 0) is 31.4 Å². The van der Waals surface area contributed by atoms with Gasteiger partial charge < -0.3 is 10.4 Å². The van der Waals surface area contributed by atoms with E-state index in [1.165, 1.54) is 0 Å². The summed E-state index contributed by atoms with van der Waals surface area (Å²) in [4.78, 5) is 18.9. The highest BCUT2D eigenvalue weighted by Gasteiger charge is 2.17. The van der Waals surface area contributed by atoms with E-state index in [4.69, 9.17) is 0 Å². The Balaban J connectivity index is 1.97. The first-order valence-electron chi connectivity index (χ1n) is 5.91. The van der Waals surface area contributed by atoms with Crippen molar-refractivity contribution in [3.8, 4) is 5.75 Å². The smallest absolute Gasteiger partial charge is 0.255 e. The minimum Gasteiger partial charge on any atom is -0.506 e. The number of para-hydroxylation sites is 2. The molecule has 5 nitrogen and oxygen atoms in total. The SMILES string of the molecule is O=c1[nH]c(Nc2ccccc2O)nc2c1CCC2. The molecule has 0 amide bonds. The molecule has 3 N–H and O–H groups in total. The Hall–Kier alpha value is -2.30. The fourth-order valence-corrected chi connectivity index (χ4v) is 2.21. The van der Waals surface area contributed by atoms with E-state index in [0.717, 1.165) is 30.5 Å². The molecule has 92 valence electrons. The summed E-state index contributed by atoms with van der Waals surface area (Å²) in [5.41, 5.74) is 2.09. The molecule has 0 fully saturated rings. The van der Waals surface area contributed by atoms with Crippen LogP contribution in [0.25, 0.3) is 0 Å². The molecule has 1 aromatic heterocycles. The highest BCUT2D eigenvalue weighted by atomic mass is 16.3. The number of anilines is 2. The minimum atomic E-state index is -0.0876. The van der Waals surface area contributed by atoms with E-state index in [2.05, 4.69) is 15.3 Å². The van der Waals surface area contributed by atoms with Gasteiger partial charge in [0.15, 0.2) is 0 Å². The molecule has 1 heterocycles.